The summed E-state index contributed by atoms with van der Waals surface area (Å²) in [6.45, 7) is 4.42. The molecule has 1 heteroatoms. The van der Waals surface area contributed by atoms with Gasteiger partial charge in [-0.1, -0.05) is 19.8 Å². The van der Waals surface area contributed by atoms with Crippen LogP contribution in [0, 0.1) is 5.92 Å². The van der Waals surface area contributed by atoms with Crippen LogP contribution < -0.4 is 0 Å². The molecule has 0 N–H and O–H groups in total. The van der Waals surface area contributed by atoms with Crippen LogP contribution in [0.15, 0.2) is 0 Å². The first-order chi connectivity index (χ1) is 4.13. The molecule has 2 atom stereocenters. The van der Waals surface area contributed by atoms with Crippen LogP contribution in [0.4, 0.5) is 0 Å². The predicted octanol–water partition coefficient (Wildman–Crippen LogP) is 3.19. The first-order valence-electron chi connectivity index (χ1n) is 3.82. The van der Waals surface area contributed by atoms with Gasteiger partial charge in [-0.2, -0.15) is 0 Å². The van der Waals surface area contributed by atoms with Gasteiger partial charge in [-0.25, -0.2) is 0 Å². The molecule has 0 spiro atoms. The Bertz CT molecular complexity index is 96.7. The highest BCUT2D eigenvalue weighted by Crippen LogP contribution is 2.38. The molecule has 0 nitrogen and oxygen atoms in total. The van der Waals surface area contributed by atoms with Crippen LogP contribution >= 0.6 is 11.6 Å². The molecule has 9 heavy (non-hydrogen) atoms. The second-order valence-corrected chi connectivity index (χ2v) is 4.29. The summed E-state index contributed by atoms with van der Waals surface area (Å²) in [7, 11) is 0. The Hall–Kier alpha value is 0.290. The molecule has 0 saturated heterocycles. The van der Waals surface area contributed by atoms with E-state index in [1.165, 1.54) is 25.7 Å². The summed E-state index contributed by atoms with van der Waals surface area (Å²) in [6, 6.07) is 0. The average molecular weight is 147 g/mol. The molecule has 0 aromatic rings. The minimum absolute atomic E-state index is 0.109. The van der Waals surface area contributed by atoms with Crippen molar-refractivity contribution in [1.29, 1.82) is 0 Å². The average Bonchev–Trinajstić information content (AvgIpc) is 1.77. The molecular weight excluding hydrogens is 132 g/mol. The van der Waals surface area contributed by atoms with E-state index < -0.39 is 0 Å². The molecule has 0 aliphatic heterocycles. The molecule has 0 radical (unpaired) electrons. The zero-order valence-corrected chi connectivity index (χ0v) is 7.04. The van der Waals surface area contributed by atoms with Gasteiger partial charge in [-0.3, -0.25) is 0 Å². The van der Waals surface area contributed by atoms with Crippen LogP contribution in [0.2, 0.25) is 0 Å². The maximum atomic E-state index is 6.22. The van der Waals surface area contributed by atoms with Gasteiger partial charge in [0.1, 0.15) is 0 Å². The van der Waals surface area contributed by atoms with E-state index in [1.807, 2.05) is 0 Å². The third kappa shape index (κ3) is 1.61. The standard InChI is InChI=1S/C8H15Cl/c1-7-5-3-4-6-8(7,2)9/h7H,3-6H2,1-2H3/t7-,8+/m1/s1. The van der Waals surface area contributed by atoms with E-state index in [2.05, 4.69) is 13.8 Å². The van der Waals surface area contributed by atoms with Gasteiger partial charge < -0.3 is 0 Å². The smallest absolute Gasteiger partial charge is 0.0444 e. The molecule has 1 fully saturated rings. The van der Waals surface area contributed by atoms with Crippen LogP contribution in [-0.4, -0.2) is 4.87 Å². The topological polar surface area (TPSA) is 0 Å². The summed E-state index contributed by atoms with van der Waals surface area (Å²) < 4.78 is 0. The summed E-state index contributed by atoms with van der Waals surface area (Å²) in [4.78, 5) is 0.109. The lowest BCUT2D eigenvalue weighted by molar-refractivity contribution is 0.305. The predicted molar refractivity (Wildman–Crippen MR) is 41.9 cm³/mol. The minimum Gasteiger partial charge on any atom is -0.119 e. The zero-order valence-electron chi connectivity index (χ0n) is 6.28. The maximum absolute atomic E-state index is 6.22. The fraction of sp³-hybridized carbons (Fsp3) is 1.00. The van der Waals surface area contributed by atoms with Crippen molar-refractivity contribution in [3.05, 3.63) is 0 Å². The molecule has 0 amide bonds. The molecule has 1 rings (SSSR count). The van der Waals surface area contributed by atoms with E-state index in [1.54, 1.807) is 0 Å². The van der Waals surface area contributed by atoms with Crippen LogP contribution in [0.3, 0.4) is 0 Å². The van der Waals surface area contributed by atoms with Gasteiger partial charge in [0.2, 0.25) is 0 Å². The van der Waals surface area contributed by atoms with Crippen molar-refractivity contribution in [2.75, 3.05) is 0 Å². The third-order valence-electron chi connectivity index (χ3n) is 2.58. The van der Waals surface area contributed by atoms with Gasteiger partial charge in [0.05, 0.1) is 0 Å². The first-order valence-corrected chi connectivity index (χ1v) is 4.19. The third-order valence-corrected chi connectivity index (χ3v) is 3.14. The summed E-state index contributed by atoms with van der Waals surface area (Å²) in [5.41, 5.74) is 0. The van der Waals surface area contributed by atoms with Crippen LogP contribution in [0.25, 0.3) is 0 Å². The van der Waals surface area contributed by atoms with E-state index >= 15 is 0 Å². The van der Waals surface area contributed by atoms with E-state index in [0.717, 1.165) is 0 Å². The normalized spacial score (nSPS) is 45.0. The van der Waals surface area contributed by atoms with Crippen molar-refractivity contribution in [1.82, 2.24) is 0 Å². The monoisotopic (exact) mass is 146 g/mol. The Morgan fingerprint density at radius 2 is 2.11 bits per heavy atom. The number of hydrogen-bond donors (Lipinski definition) is 0. The lowest BCUT2D eigenvalue weighted by atomic mass is 9.81. The van der Waals surface area contributed by atoms with Gasteiger partial charge >= 0.3 is 0 Å². The number of alkyl halides is 1. The van der Waals surface area contributed by atoms with E-state index in [-0.39, 0.29) is 4.87 Å². The number of rotatable bonds is 0. The molecule has 0 bridgehead atoms. The second-order valence-electron chi connectivity index (χ2n) is 3.42. The molecule has 1 aliphatic rings. The summed E-state index contributed by atoms with van der Waals surface area (Å²) in [5.74, 6) is 0.716. The van der Waals surface area contributed by atoms with Gasteiger partial charge in [-0.15, -0.1) is 11.6 Å². The number of hydrogen-bond acceptors (Lipinski definition) is 0. The van der Waals surface area contributed by atoms with Crippen molar-refractivity contribution < 1.29 is 0 Å². The Morgan fingerprint density at radius 3 is 2.44 bits per heavy atom. The van der Waals surface area contributed by atoms with Gasteiger partial charge in [0.15, 0.2) is 0 Å². The van der Waals surface area contributed by atoms with Crippen LogP contribution in [0.5, 0.6) is 0 Å². The van der Waals surface area contributed by atoms with Crippen LogP contribution in [-0.2, 0) is 0 Å². The zero-order chi connectivity index (χ0) is 6.91. The fourth-order valence-corrected chi connectivity index (χ4v) is 1.71. The molecule has 1 aliphatic carbocycles. The van der Waals surface area contributed by atoms with E-state index in [0.29, 0.717) is 5.92 Å². The molecular formula is C8H15Cl. The van der Waals surface area contributed by atoms with E-state index in [9.17, 15) is 0 Å². The summed E-state index contributed by atoms with van der Waals surface area (Å²) >= 11 is 6.22. The van der Waals surface area contributed by atoms with E-state index in [4.69, 9.17) is 11.6 Å². The highest BCUT2D eigenvalue weighted by molar-refractivity contribution is 6.23. The first kappa shape index (κ1) is 7.40. The Labute approximate surface area is 62.6 Å². The molecule has 0 aromatic carbocycles. The largest absolute Gasteiger partial charge is 0.119 e. The highest BCUT2D eigenvalue weighted by Gasteiger charge is 2.30. The van der Waals surface area contributed by atoms with Crippen molar-refractivity contribution in [2.24, 2.45) is 5.92 Å². The Morgan fingerprint density at radius 1 is 1.44 bits per heavy atom. The highest BCUT2D eigenvalue weighted by atomic mass is 35.5. The minimum atomic E-state index is 0.109. The van der Waals surface area contributed by atoms with Gasteiger partial charge in [-0.05, 0) is 25.7 Å². The van der Waals surface area contributed by atoms with Crippen molar-refractivity contribution >= 4 is 11.6 Å². The lowest BCUT2D eigenvalue weighted by Crippen LogP contribution is -2.29. The quantitative estimate of drug-likeness (QED) is 0.461. The molecule has 0 unspecified atom stereocenters. The van der Waals surface area contributed by atoms with Crippen molar-refractivity contribution in [3.63, 3.8) is 0 Å². The molecule has 0 aromatic heterocycles. The van der Waals surface area contributed by atoms with Crippen LogP contribution in [0.1, 0.15) is 39.5 Å². The summed E-state index contributed by atoms with van der Waals surface area (Å²) in [6.07, 6.45) is 5.23. The fourth-order valence-electron chi connectivity index (χ4n) is 1.47. The Balaban J connectivity index is 2.49. The van der Waals surface area contributed by atoms with Gasteiger partial charge in [0, 0.05) is 4.87 Å². The van der Waals surface area contributed by atoms with Gasteiger partial charge in [0.25, 0.3) is 0 Å². The second kappa shape index (κ2) is 2.49. The maximum Gasteiger partial charge on any atom is 0.0444 e. The lowest BCUT2D eigenvalue weighted by Gasteiger charge is -2.33. The van der Waals surface area contributed by atoms with Crippen molar-refractivity contribution in [2.45, 2.75) is 44.4 Å². The Kier molecular flexibility index (Phi) is 2.05. The molecule has 0 heterocycles. The molecule has 54 valence electrons. The number of halogens is 1. The SMILES string of the molecule is C[C@@H]1CCCC[C@]1(C)Cl. The molecule has 1 saturated carbocycles. The van der Waals surface area contributed by atoms with Crippen molar-refractivity contribution in [3.8, 4) is 0 Å². The summed E-state index contributed by atoms with van der Waals surface area (Å²) in [5, 5.41) is 0.